The van der Waals surface area contributed by atoms with Crippen LogP contribution in [0.5, 0.6) is 0 Å². The molecule has 0 saturated heterocycles. The number of carbonyl (C=O) groups excluding carboxylic acids is 2. The highest BCUT2D eigenvalue weighted by Crippen LogP contribution is 2.39. The third-order valence-corrected chi connectivity index (χ3v) is 3.73. The number of allylic oxidation sites excluding steroid dienone is 3. The maximum absolute atomic E-state index is 12.1. The van der Waals surface area contributed by atoms with E-state index >= 15 is 0 Å². The van der Waals surface area contributed by atoms with Gasteiger partial charge in [0.2, 0.25) is 0 Å². The fourth-order valence-electron chi connectivity index (χ4n) is 2.58. The topological polar surface area (TPSA) is 43.4 Å². The normalized spacial score (nSPS) is 17.7. The van der Waals surface area contributed by atoms with Crippen molar-refractivity contribution in [3.63, 3.8) is 0 Å². The summed E-state index contributed by atoms with van der Waals surface area (Å²) in [6.45, 7) is 5.35. The highest BCUT2D eigenvalue weighted by atomic mass is 35.5. The molecule has 0 bridgehead atoms. The van der Waals surface area contributed by atoms with Crippen LogP contribution in [0.1, 0.15) is 26.3 Å². The predicted molar refractivity (Wildman–Crippen MR) is 82.9 cm³/mol. The van der Waals surface area contributed by atoms with E-state index in [2.05, 4.69) is 0 Å². The lowest BCUT2D eigenvalue weighted by Crippen LogP contribution is -2.21. The molecule has 1 atom stereocenters. The average molecular weight is 305 g/mol. The first-order valence-corrected chi connectivity index (χ1v) is 7.19. The summed E-state index contributed by atoms with van der Waals surface area (Å²) in [4.78, 5) is 24.2. The van der Waals surface area contributed by atoms with Crippen LogP contribution < -0.4 is 0 Å². The second kappa shape index (κ2) is 6.27. The summed E-state index contributed by atoms with van der Waals surface area (Å²) in [6, 6.07) is 7.25. The van der Waals surface area contributed by atoms with Gasteiger partial charge < -0.3 is 4.74 Å². The fraction of sp³-hybridized carbons (Fsp3) is 0.294. The van der Waals surface area contributed by atoms with Gasteiger partial charge in [-0.25, -0.2) is 4.79 Å². The molecule has 1 aromatic rings. The lowest BCUT2D eigenvalue weighted by Gasteiger charge is -2.16. The molecule has 21 heavy (non-hydrogen) atoms. The summed E-state index contributed by atoms with van der Waals surface area (Å²) in [5.41, 5.74) is 2.92. The summed E-state index contributed by atoms with van der Waals surface area (Å²) < 4.78 is 5.08. The van der Waals surface area contributed by atoms with Crippen LogP contribution in [0.2, 0.25) is 5.02 Å². The Kier molecular flexibility index (Phi) is 4.63. The van der Waals surface area contributed by atoms with Gasteiger partial charge in [0.05, 0.1) is 18.1 Å². The Bertz CT molecular complexity index is 639. The molecule has 1 unspecified atom stereocenters. The number of rotatable bonds is 4. The second-order valence-electron chi connectivity index (χ2n) is 4.97. The van der Waals surface area contributed by atoms with E-state index < -0.39 is 11.9 Å². The van der Waals surface area contributed by atoms with E-state index in [4.69, 9.17) is 16.3 Å². The molecule has 0 aliphatic heterocycles. The molecule has 0 radical (unpaired) electrons. The maximum atomic E-state index is 12.1. The van der Waals surface area contributed by atoms with E-state index in [1.54, 1.807) is 19.1 Å². The zero-order chi connectivity index (χ0) is 15.6. The molecular weight excluding hydrogens is 288 g/mol. The number of halogens is 1. The molecule has 0 aromatic heterocycles. The number of esters is 1. The van der Waals surface area contributed by atoms with Gasteiger partial charge in [-0.05, 0) is 49.6 Å². The number of carbonyl (C=O) groups is 2. The quantitative estimate of drug-likeness (QED) is 0.794. The Morgan fingerprint density at radius 1 is 1.24 bits per heavy atom. The molecule has 0 saturated carbocycles. The summed E-state index contributed by atoms with van der Waals surface area (Å²) in [5, 5.41) is 0.631. The summed E-state index contributed by atoms with van der Waals surface area (Å²) in [6.07, 6.45) is 1.88. The van der Waals surface area contributed by atoms with E-state index in [0.29, 0.717) is 10.6 Å². The zero-order valence-electron chi connectivity index (χ0n) is 12.3. The highest BCUT2D eigenvalue weighted by Gasteiger charge is 2.35. The number of hydrogen-bond donors (Lipinski definition) is 0. The van der Waals surface area contributed by atoms with Crippen LogP contribution in [-0.4, -0.2) is 18.4 Å². The van der Waals surface area contributed by atoms with Crippen LogP contribution in [-0.2, 0) is 14.3 Å². The lowest BCUT2D eigenvalue weighted by molar-refractivity contribution is -0.139. The summed E-state index contributed by atoms with van der Waals surface area (Å²) in [7, 11) is 0. The fourth-order valence-corrected chi connectivity index (χ4v) is 2.71. The van der Waals surface area contributed by atoms with Crippen molar-refractivity contribution in [2.45, 2.75) is 20.8 Å². The van der Waals surface area contributed by atoms with E-state index in [1.807, 2.05) is 25.1 Å². The van der Waals surface area contributed by atoms with Crippen LogP contribution in [0.15, 0.2) is 41.5 Å². The second-order valence-corrected chi connectivity index (χ2v) is 5.40. The van der Waals surface area contributed by atoms with Gasteiger partial charge in [0.1, 0.15) is 5.78 Å². The van der Waals surface area contributed by atoms with E-state index in [-0.39, 0.29) is 12.4 Å². The van der Waals surface area contributed by atoms with Crippen LogP contribution in [0.3, 0.4) is 0 Å². The molecule has 1 aromatic carbocycles. The Morgan fingerprint density at radius 3 is 2.38 bits per heavy atom. The highest BCUT2D eigenvalue weighted by molar-refractivity contribution is 6.30. The molecule has 0 fully saturated rings. The van der Waals surface area contributed by atoms with Crippen molar-refractivity contribution in [1.82, 2.24) is 0 Å². The van der Waals surface area contributed by atoms with Gasteiger partial charge in [-0.2, -0.15) is 0 Å². The van der Waals surface area contributed by atoms with Crippen LogP contribution in [0, 0.1) is 5.92 Å². The Labute approximate surface area is 129 Å². The Balaban J connectivity index is 2.42. The third-order valence-electron chi connectivity index (χ3n) is 3.48. The first-order valence-electron chi connectivity index (χ1n) is 6.81. The Hall–Kier alpha value is -1.87. The molecule has 1 aliphatic rings. The molecular formula is C17H17ClO3. The van der Waals surface area contributed by atoms with Gasteiger partial charge in [-0.1, -0.05) is 29.8 Å². The zero-order valence-corrected chi connectivity index (χ0v) is 13.0. The molecule has 0 N–H and O–H groups in total. The van der Waals surface area contributed by atoms with E-state index in [9.17, 15) is 9.59 Å². The largest absolute Gasteiger partial charge is 0.463 e. The molecule has 2 rings (SSSR count). The average Bonchev–Trinajstić information content (AvgIpc) is 2.77. The number of ketones is 1. The van der Waals surface area contributed by atoms with E-state index in [1.165, 1.54) is 6.92 Å². The molecule has 0 spiro atoms. The lowest BCUT2D eigenvalue weighted by atomic mass is 9.87. The van der Waals surface area contributed by atoms with Gasteiger partial charge in [0, 0.05) is 5.02 Å². The van der Waals surface area contributed by atoms with Crippen molar-refractivity contribution in [2.24, 2.45) is 5.92 Å². The first kappa shape index (κ1) is 15.5. The molecule has 3 nitrogen and oxygen atoms in total. The molecule has 1 aliphatic carbocycles. The van der Waals surface area contributed by atoms with Crippen molar-refractivity contribution in [3.05, 3.63) is 52.1 Å². The number of ether oxygens (including phenoxy) is 1. The summed E-state index contributed by atoms with van der Waals surface area (Å²) >= 11 is 5.90. The minimum absolute atomic E-state index is 0.0731. The SMILES string of the molecule is CCOC(=O)C1=C(C)C=C(c2ccc(Cl)cc2)C1C(C)=O. The number of benzene rings is 1. The molecule has 4 heteroatoms. The van der Waals surface area contributed by atoms with Crippen molar-refractivity contribution >= 4 is 28.9 Å². The molecule has 0 amide bonds. The first-order chi connectivity index (χ1) is 9.95. The van der Waals surface area contributed by atoms with Gasteiger partial charge >= 0.3 is 5.97 Å². The maximum Gasteiger partial charge on any atom is 0.335 e. The molecule has 0 heterocycles. The van der Waals surface area contributed by atoms with Gasteiger partial charge in [0.15, 0.2) is 0 Å². The molecule has 110 valence electrons. The minimum Gasteiger partial charge on any atom is -0.463 e. The van der Waals surface area contributed by atoms with E-state index in [0.717, 1.165) is 16.7 Å². The van der Waals surface area contributed by atoms with Gasteiger partial charge in [-0.15, -0.1) is 0 Å². The van der Waals surface area contributed by atoms with Crippen LogP contribution in [0.4, 0.5) is 0 Å². The van der Waals surface area contributed by atoms with Crippen LogP contribution in [0.25, 0.3) is 5.57 Å². The smallest absolute Gasteiger partial charge is 0.335 e. The van der Waals surface area contributed by atoms with Crippen LogP contribution >= 0.6 is 11.6 Å². The standard InChI is InChI=1S/C17H17ClO3/c1-4-21-17(20)15-10(2)9-14(16(15)11(3)19)12-5-7-13(18)8-6-12/h5-9,16H,4H2,1-3H3. The summed E-state index contributed by atoms with van der Waals surface area (Å²) in [5.74, 6) is -1.06. The van der Waals surface area contributed by atoms with Crippen molar-refractivity contribution in [1.29, 1.82) is 0 Å². The third kappa shape index (κ3) is 3.08. The van der Waals surface area contributed by atoms with Crippen molar-refractivity contribution < 1.29 is 14.3 Å². The van der Waals surface area contributed by atoms with Gasteiger partial charge in [-0.3, -0.25) is 4.79 Å². The van der Waals surface area contributed by atoms with Crippen molar-refractivity contribution in [3.8, 4) is 0 Å². The number of Topliss-reactive ketones (excluding diaryl/α,β-unsaturated/α-hetero) is 1. The minimum atomic E-state index is -0.565. The number of hydrogen-bond acceptors (Lipinski definition) is 3. The monoisotopic (exact) mass is 304 g/mol. The Morgan fingerprint density at radius 2 is 1.86 bits per heavy atom. The van der Waals surface area contributed by atoms with Gasteiger partial charge in [0.25, 0.3) is 0 Å². The van der Waals surface area contributed by atoms with Crippen molar-refractivity contribution in [2.75, 3.05) is 6.61 Å². The predicted octanol–water partition coefficient (Wildman–Crippen LogP) is 3.82.